The summed E-state index contributed by atoms with van der Waals surface area (Å²) in [6.07, 6.45) is 0.737. The molecule has 3 rings (SSSR count). The predicted molar refractivity (Wildman–Crippen MR) is 104 cm³/mol. The molecule has 0 amide bonds. The number of rotatable bonds is 9. The van der Waals surface area contributed by atoms with Crippen molar-refractivity contribution in [2.24, 2.45) is 0 Å². The maximum Gasteiger partial charge on any atom is 0.306 e. The lowest BCUT2D eigenvalue weighted by atomic mass is 10.1. The molecule has 0 unspecified atom stereocenters. The first-order valence-corrected chi connectivity index (χ1v) is 8.97. The third kappa shape index (κ3) is 5.04. The molecule has 0 spiro atoms. The predicted octanol–water partition coefficient (Wildman–Crippen LogP) is 3.44. The lowest BCUT2D eigenvalue weighted by molar-refractivity contribution is -0.145. The SMILES string of the molecule is COc1ccccc1CCC(=O)OCc1nc(-c2ccc(OC)c(OC)c2)no1. The van der Waals surface area contributed by atoms with Gasteiger partial charge in [0.15, 0.2) is 18.1 Å². The molecule has 0 N–H and O–H groups in total. The molecule has 152 valence electrons. The fourth-order valence-electron chi connectivity index (χ4n) is 2.77. The van der Waals surface area contributed by atoms with Gasteiger partial charge in [-0.05, 0) is 36.2 Å². The molecule has 0 bridgehead atoms. The van der Waals surface area contributed by atoms with Gasteiger partial charge in [-0.2, -0.15) is 4.98 Å². The minimum absolute atomic E-state index is 0.0922. The van der Waals surface area contributed by atoms with Gasteiger partial charge in [0, 0.05) is 12.0 Å². The molecule has 8 nitrogen and oxygen atoms in total. The Morgan fingerprint density at radius 1 is 0.966 bits per heavy atom. The fourth-order valence-corrected chi connectivity index (χ4v) is 2.77. The monoisotopic (exact) mass is 398 g/mol. The number of carbonyl (C=O) groups is 1. The Labute approximate surface area is 168 Å². The second-order valence-corrected chi connectivity index (χ2v) is 6.05. The van der Waals surface area contributed by atoms with Crippen molar-refractivity contribution in [3.8, 4) is 28.6 Å². The molecule has 3 aromatic rings. The largest absolute Gasteiger partial charge is 0.496 e. The van der Waals surface area contributed by atoms with Crippen molar-refractivity contribution in [3.63, 3.8) is 0 Å². The Hall–Kier alpha value is -3.55. The van der Waals surface area contributed by atoms with E-state index in [0.717, 1.165) is 11.3 Å². The van der Waals surface area contributed by atoms with Crippen molar-refractivity contribution < 1.29 is 28.3 Å². The third-order valence-electron chi connectivity index (χ3n) is 4.26. The van der Waals surface area contributed by atoms with Crippen LogP contribution >= 0.6 is 0 Å². The molecule has 1 aromatic heterocycles. The van der Waals surface area contributed by atoms with E-state index in [9.17, 15) is 4.79 Å². The first kappa shape index (κ1) is 20.2. The summed E-state index contributed by atoms with van der Waals surface area (Å²) < 4.78 is 26.2. The van der Waals surface area contributed by atoms with E-state index in [0.29, 0.717) is 29.3 Å². The smallest absolute Gasteiger partial charge is 0.306 e. The summed E-state index contributed by atoms with van der Waals surface area (Å²) in [5, 5.41) is 3.92. The molecule has 0 radical (unpaired) electrons. The van der Waals surface area contributed by atoms with Crippen molar-refractivity contribution in [3.05, 3.63) is 53.9 Å². The molecule has 0 fully saturated rings. The number of ether oxygens (including phenoxy) is 4. The summed E-state index contributed by atoms with van der Waals surface area (Å²) in [5.74, 6) is 2.12. The molecule has 2 aromatic carbocycles. The Balaban J connectivity index is 1.56. The fraction of sp³-hybridized carbons (Fsp3) is 0.286. The maximum absolute atomic E-state index is 12.0. The van der Waals surface area contributed by atoms with E-state index < -0.39 is 0 Å². The minimum atomic E-state index is -0.359. The van der Waals surface area contributed by atoms with Crippen LogP contribution in [-0.2, 0) is 22.6 Å². The van der Waals surface area contributed by atoms with Crippen molar-refractivity contribution >= 4 is 5.97 Å². The van der Waals surface area contributed by atoms with E-state index in [1.807, 2.05) is 24.3 Å². The molecule has 29 heavy (non-hydrogen) atoms. The molecule has 0 saturated heterocycles. The molecule has 0 aliphatic heterocycles. The zero-order valence-electron chi connectivity index (χ0n) is 16.5. The first-order chi connectivity index (χ1) is 14.1. The lowest BCUT2D eigenvalue weighted by Crippen LogP contribution is -2.06. The number of nitrogens with zero attached hydrogens (tertiary/aromatic N) is 2. The second kappa shape index (κ2) is 9.59. The summed E-state index contributed by atoms with van der Waals surface area (Å²) in [6.45, 7) is -0.0922. The van der Waals surface area contributed by atoms with Gasteiger partial charge >= 0.3 is 5.97 Å². The Morgan fingerprint density at radius 2 is 1.72 bits per heavy atom. The Kier molecular flexibility index (Phi) is 6.67. The van der Waals surface area contributed by atoms with Crippen LogP contribution in [-0.4, -0.2) is 37.4 Å². The van der Waals surface area contributed by atoms with E-state index in [2.05, 4.69) is 10.1 Å². The molecule has 0 saturated carbocycles. The number of aromatic nitrogens is 2. The van der Waals surface area contributed by atoms with E-state index in [4.69, 9.17) is 23.5 Å². The van der Waals surface area contributed by atoms with E-state index in [-0.39, 0.29) is 24.9 Å². The number of benzene rings is 2. The topological polar surface area (TPSA) is 92.9 Å². The van der Waals surface area contributed by atoms with Crippen LogP contribution in [0.5, 0.6) is 17.2 Å². The number of esters is 1. The second-order valence-electron chi connectivity index (χ2n) is 6.05. The van der Waals surface area contributed by atoms with Crippen LogP contribution < -0.4 is 14.2 Å². The molecule has 8 heteroatoms. The zero-order chi connectivity index (χ0) is 20.6. The standard InChI is InChI=1S/C21H22N2O6/c1-25-16-7-5-4-6-14(16)9-11-20(24)28-13-19-22-21(23-29-19)15-8-10-17(26-2)18(12-15)27-3/h4-8,10,12H,9,11,13H2,1-3H3. The van der Waals surface area contributed by atoms with Gasteiger partial charge in [0.2, 0.25) is 5.82 Å². The van der Waals surface area contributed by atoms with E-state index in [1.54, 1.807) is 39.5 Å². The highest BCUT2D eigenvalue weighted by Crippen LogP contribution is 2.31. The maximum atomic E-state index is 12.0. The number of methoxy groups -OCH3 is 3. The molecule has 0 aliphatic carbocycles. The summed E-state index contributed by atoms with van der Waals surface area (Å²) in [7, 11) is 4.71. The molecular formula is C21H22N2O6. The number of hydrogen-bond donors (Lipinski definition) is 0. The molecule has 0 atom stereocenters. The average Bonchev–Trinajstić information content (AvgIpc) is 3.25. The summed E-state index contributed by atoms with van der Waals surface area (Å²) in [6, 6.07) is 12.8. The number of hydrogen-bond acceptors (Lipinski definition) is 8. The van der Waals surface area contributed by atoms with Crippen LogP contribution in [0.3, 0.4) is 0 Å². The first-order valence-electron chi connectivity index (χ1n) is 8.97. The van der Waals surface area contributed by atoms with Gasteiger partial charge in [-0.1, -0.05) is 23.4 Å². The lowest BCUT2D eigenvalue weighted by Gasteiger charge is -2.07. The van der Waals surface area contributed by atoms with Crippen LogP contribution in [0.1, 0.15) is 17.9 Å². The van der Waals surface area contributed by atoms with Crippen molar-refractivity contribution in [1.82, 2.24) is 10.1 Å². The third-order valence-corrected chi connectivity index (χ3v) is 4.26. The quantitative estimate of drug-likeness (QED) is 0.506. The van der Waals surface area contributed by atoms with Crippen LogP contribution in [0.15, 0.2) is 47.0 Å². The van der Waals surface area contributed by atoms with E-state index in [1.165, 1.54) is 0 Å². The van der Waals surface area contributed by atoms with Gasteiger partial charge < -0.3 is 23.5 Å². The molecule has 0 aliphatic rings. The number of aryl methyl sites for hydroxylation is 1. The van der Waals surface area contributed by atoms with Gasteiger partial charge in [0.1, 0.15) is 5.75 Å². The van der Waals surface area contributed by atoms with E-state index >= 15 is 0 Å². The highest BCUT2D eigenvalue weighted by Gasteiger charge is 2.14. The van der Waals surface area contributed by atoms with Gasteiger partial charge in [0.25, 0.3) is 5.89 Å². The number of carbonyl (C=O) groups excluding carboxylic acids is 1. The van der Waals surface area contributed by atoms with Gasteiger partial charge in [-0.3, -0.25) is 4.79 Å². The highest BCUT2D eigenvalue weighted by atomic mass is 16.6. The van der Waals surface area contributed by atoms with Gasteiger partial charge in [-0.25, -0.2) is 0 Å². The van der Waals surface area contributed by atoms with Gasteiger partial charge in [-0.15, -0.1) is 0 Å². The Bertz CT molecular complexity index is 969. The summed E-state index contributed by atoms with van der Waals surface area (Å²) in [4.78, 5) is 16.3. The van der Waals surface area contributed by atoms with Crippen molar-refractivity contribution in [2.45, 2.75) is 19.4 Å². The van der Waals surface area contributed by atoms with Crippen LogP contribution in [0.4, 0.5) is 0 Å². The normalized spacial score (nSPS) is 10.4. The Morgan fingerprint density at radius 3 is 2.48 bits per heavy atom. The summed E-state index contributed by atoms with van der Waals surface area (Å²) >= 11 is 0. The minimum Gasteiger partial charge on any atom is -0.496 e. The van der Waals surface area contributed by atoms with Crippen molar-refractivity contribution in [2.75, 3.05) is 21.3 Å². The van der Waals surface area contributed by atoms with Crippen molar-refractivity contribution in [1.29, 1.82) is 0 Å². The van der Waals surface area contributed by atoms with Crippen LogP contribution in [0.25, 0.3) is 11.4 Å². The molecular weight excluding hydrogens is 376 g/mol. The van der Waals surface area contributed by atoms with Gasteiger partial charge in [0.05, 0.1) is 21.3 Å². The summed E-state index contributed by atoms with van der Waals surface area (Å²) in [5.41, 5.74) is 1.64. The van der Waals surface area contributed by atoms with Crippen LogP contribution in [0, 0.1) is 0 Å². The number of para-hydroxylation sites is 1. The van der Waals surface area contributed by atoms with Crippen LogP contribution in [0.2, 0.25) is 0 Å². The average molecular weight is 398 g/mol. The molecule has 1 heterocycles. The highest BCUT2D eigenvalue weighted by molar-refractivity contribution is 5.69. The zero-order valence-corrected chi connectivity index (χ0v) is 16.5.